The van der Waals surface area contributed by atoms with Crippen molar-refractivity contribution in [3.8, 4) is 5.75 Å². The second-order valence-electron chi connectivity index (χ2n) is 7.40. The second kappa shape index (κ2) is 9.55. The van der Waals surface area contributed by atoms with Gasteiger partial charge >= 0.3 is 0 Å². The number of hydrogen-bond acceptors (Lipinski definition) is 3. The number of hydrogen-bond donors (Lipinski definition) is 3. The van der Waals surface area contributed by atoms with E-state index in [2.05, 4.69) is 51.7 Å². The van der Waals surface area contributed by atoms with Crippen molar-refractivity contribution in [3.63, 3.8) is 0 Å². The van der Waals surface area contributed by atoms with Crippen LogP contribution >= 0.6 is 0 Å². The maximum atomic E-state index is 13.4. The molecular formula is C22H29FN4O. The lowest BCUT2D eigenvalue weighted by molar-refractivity contribution is 0.198. The second-order valence-corrected chi connectivity index (χ2v) is 7.40. The largest absolute Gasteiger partial charge is 0.505 e. The first-order valence-corrected chi connectivity index (χ1v) is 9.76. The molecule has 1 saturated heterocycles. The van der Waals surface area contributed by atoms with Crippen LogP contribution in [0.3, 0.4) is 0 Å². The number of guanidine groups is 1. The van der Waals surface area contributed by atoms with Gasteiger partial charge in [0.2, 0.25) is 0 Å². The van der Waals surface area contributed by atoms with Gasteiger partial charge in [0.25, 0.3) is 0 Å². The number of phenols is 1. The highest BCUT2D eigenvalue weighted by atomic mass is 19.1. The number of phenolic OH excluding ortho intramolecular Hbond substituents is 1. The van der Waals surface area contributed by atoms with Crippen LogP contribution in [0.1, 0.15) is 29.5 Å². The molecule has 2 aromatic rings. The molecule has 3 rings (SSSR count). The molecule has 2 aromatic carbocycles. The van der Waals surface area contributed by atoms with Crippen molar-refractivity contribution < 1.29 is 9.50 Å². The normalized spacial score (nSPS) is 16.2. The van der Waals surface area contributed by atoms with Crippen molar-refractivity contribution >= 4 is 5.96 Å². The van der Waals surface area contributed by atoms with Crippen LogP contribution in [0.25, 0.3) is 0 Å². The van der Waals surface area contributed by atoms with Crippen molar-refractivity contribution in [2.75, 3.05) is 20.1 Å². The van der Waals surface area contributed by atoms with Gasteiger partial charge < -0.3 is 15.7 Å². The van der Waals surface area contributed by atoms with E-state index in [-0.39, 0.29) is 5.75 Å². The van der Waals surface area contributed by atoms with Crippen LogP contribution in [0.4, 0.5) is 4.39 Å². The summed E-state index contributed by atoms with van der Waals surface area (Å²) < 4.78 is 13.4. The van der Waals surface area contributed by atoms with Gasteiger partial charge in [-0.25, -0.2) is 4.39 Å². The summed E-state index contributed by atoms with van der Waals surface area (Å²) in [7, 11) is 1.74. The smallest absolute Gasteiger partial charge is 0.191 e. The summed E-state index contributed by atoms with van der Waals surface area (Å²) in [4.78, 5) is 6.76. The molecule has 1 heterocycles. The predicted octanol–water partition coefficient (Wildman–Crippen LogP) is 3.17. The Morgan fingerprint density at radius 2 is 1.96 bits per heavy atom. The van der Waals surface area contributed by atoms with Crippen LogP contribution in [0, 0.1) is 12.7 Å². The molecule has 0 radical (unpaired) electrons. The van der Waals surface area contributed by atoms with E-state index in [1.807, 2.05) is 0 Å². The number of piperidine rings is 1. The summed E-state index contributed by atoms with van der Waals surface area (Å²) >= 11 is 0. The van der Waals surface area contributed by atoms with Gasteiger partial charge in [-0.3, -0.25) is 9.89 Å². The molecule has 1 fully saturated rings. The lowest BCUT2D eigenvalue weighted by Crippen LogP contribution is -2.48. The van der Waals surface area contributed by atoms with E-state index in [0.717, 1.165) is 38.0 Å². The number of benzene rings is 2. The van der Waals surface area contributed by atoms with Crippen LogP contribution < -0.4 is 10.6 Å². The Hall–Kier alpha value is -2.60. The highest BCUT2D eigenvalue weighted by molar-refractivity contribution is 5.79. The summed E-state index contributed by atoms with van der Waals surface area (Å²) in [5.41, 5.74) is 3.42. The van der Waals surface area contributed by atoms with E-state index in [9.17, 15) is 9.50 Å². The summed E-state index contributed by atoms with van der Waals surface area (Å²) in [5, 5.41) is 16.0. The van der Waals surface area contributed by atoms with Gasteiger partial charge in [-0.15, -0.1) is 0 Å². The first-order chi connectivity index (χ1) is 13.5. The van der Waals surface area contributed by atoms with Crippen LogP contribution in [0.2, 0.25) is 0 Å². The number of aromatic hydroxyl groups is 1. The molecule has 3 N–H and O–H groups in total. The van der Waals surface area contributed by atoms with Crippen LogP contribution in [0.15, 0.2) is 47.5 Å². The molecule has 0 bridgehead atoms. The maximum absolute atomic E-state index is 13.4. The molecule has 0 amide bonds. The van der Waals surface area contributed by atoms with Gasteiger partial charge in [0, 0.05) is 39.3 Å². The van der Waals surface area contributed by atoms with Crippen LogP contribution in [0.5, 0.6) is 5.75 Å². The van der Waals surface area contributed by atoms with E-state index in [0.29, 0.717) is 18.5 Å². The molecule has 5 nitrogen and oxygen atoms in total. The zero-order chi connectivity index (χ0) is 19.9. The Balaban J connectivity index is 1.44. The maximum Gasteiger partial charge on any atom is 0.191 e. The number of aryl methyl sites for hydroxylation is 1. The van der Waals surface area contributed by atoms with E-state index in [1.54, 1.807) is 13.1 Å². The minimum Gasteiger partial charge on any atom is -0.505 e. The van der Waals surface area contributed by atoms with Gasteiger partial charge in [-0.2, -0.15) is 0 Å². The SMILES string of the molecule is CN=C(NCc1ccc(O)c(F)c1)NC1CCN(Cc2cccc(C)c2)CC1. The van der Waals surface area contributed by atoms with E-state index < -0.39 is 5.82 Å². The van der Waals surface area contributed by atoms with Gasteiger partial charge in [-0.1, -0.05) is 35.9 Å². The lowest BCUT2D eigenvalue weighted by atomic mass is 10.0. The average molecular weight is 384 g/mol. The molecule has 0 atom stereocenters. The highest BCUT2D eigenvalue weighted by Crippen LogP contribution is 2.16. The summed E-state index contributed by atoms with van der Waals surface area (Å²) in [6, 6.07) is 13.5. The van der Waals surface area contributed by atoms with Crippen LogP contribution in [-0.4, -0.2) is 42.1 Å². The molecule has 0 unspecified atom stereocenters. The molecule has 0 saturated carbocycles. The Morgan fingerprint density at radius 1 is 1.18 bits per heavy atom. The van der Waals surface area contributed by atoms with E-state index in [1.165, 1.54) is 23.3 Å². The molecule has 0 spiro atoms. The van der Waals surface area contributed by atoms with E-state index >= 15 is 0 Å². The standard InChI is InChI=1S/C22H29FN4O/c1-16-4-3-5-18(12-16)15-27-10-8-19(9-11-27)26-22(24-2)25-14-17-6-7-21(28)20(23)13-17/h3-7,12-13,19,28H,8-11,14-15H2,1-2H3,(H2,24,25,26). The number of halogens is 1. The number of nitrogens with one attached hydrogen (secondary N) is 2. The molecule has 0 aromatic heterocycles. The summed E-state index contributed by atoms with van der Waals surface area (Å²) in [5.74, 6) is -0.225. The molecule has 1 aliphatic rings. The van der Waals surface area contributed by atoms with Crippen molar-refractivity contribution in [2.45, 2.75) is 38.9 Å². The highest BCUT2D eigenvalue weighted by Gasteiger charge is 2.20. The average Bonchev–Trinajstić information content (AvgIpc) is 2.69. The minimum atomic E-state index is -0.608. The number of nitrogens with zero attached hydrogens (tertiary/aromatic N) is 2. The Bertz CT molecular complexity index is 816. The fraction of sp³-hybridized carbons (Fsp3) is 0.409. The Labute approximate surface area is 166 Å². The van der Waals surface area contributed by atoms with Crippen molar-refractivity contribution in [1.29, 1.82) is 0 Å². The summed E-state index contributed by atoms with van der Waals surface area (Å²) in [6.07, 6.45) is 2.11. The molecule has 6 heteroatoms. The third kappa shape index (κ3) is 5.70. The zero-order valence-corrected chi connectivity index (χ0v) is 16.6. The van der Waals surface area contributed by atoms with Gasteiger partial charge in [0.15, 0.2) is 17.5 Å². The number of likely N-dealkylation sites (tertiary alicyclic amines) is 1. The summed E-state index contributed by atoms with van der Waals surface area (Å²) in [6.45, 7) is 5.67. The number of aliphatic imine (C=N–C) groups is 1. The quantitative estimate of drug-likeness (QED) is 0.547. The van der Waals surface area contributed by atoms with Crippen molar-refractivity contribution in [2.24, 2.45) is 4.99 Å². The Morgan fingerprint density at radius 3 is 2.64 bits per heavy atom. The molecule has 0 aliphatic carbocycles. The third-order valence-corrected chi connectivity index (χ3v) is 5.11. The first kappa shape index (κ1) is 20.1. The fourth-order valence-electron chi connectivity index (χ4n) is 3.54. The first-order valence-electron chi connectivity index (χ1n) is 9.76. The predicted molar refractivity (Wildman–Crippen MR) is 111 cm³/mol. The fourth-order valence-corrected chi connectivity index (χ4v) is 3.54. The van der Waals surface area contributed by atoms with Crippen LogP contribution in [-0.2, 0) is 13.1 Å². The minimum absolute atomic E-state index is 0.330. The zero-order valence-electron chi connectivity index (χ0n) is 16.6. The number of rotatable bonds is 5. The molecule has 28 heavy (non-hydrogen) atoms. The molecular weight excluding hydrogens is 355 g/mol. The van der Waals surface area contributed by atoms with Gasteiger partial charge in [0.05, 0.1) is 0 Å². The lowest BCUT2D eigenvalue weighted by Gasteiger charge is -2.33. The van der Waals surface area contributed by atoms with Crippen molar-refractivity contribution in [3.05, 3.63) is 65.0 Å². The van der Waals surface area contributed by atoms with E-state index in [4.69, 9.17) is 0 Å². The van der Waals surface area contributed by atoms with Gasteiger partial charge in [-0.05, 0) is 43.0 Å². The molecule has 150 valence electrons. The van der Waals surface area contributed by atoms with Gasteiger partial charge in [0.1, 0.15) is 0 Å². The monoisotopic (exact) mass is 384 g/mol. The van der Waals surface area contributed by atoms with Crippen molar-refractivity contribution in [1.82, 2.24) is 15.5 Å². The third-order valence-electron chi connectivity index (χ3n) is 5.11. The molecule has 1 aliphatic heterocycles. The topological polar surface area (TPSA) is 59.9 Å². The Kier molecular flexibility index (Phi) is 6.87.